The van der Waals surface area contributed by atoms with Gasteiger partial charge in [-0.15, -0.1) is 0 Å². The Bertz CT molecular complexity index is 475. The average molecular weight is 234 g/mol. The zero-order valence-electron chi connectivity index (χ0n) is 9.53. The first-order chi connectivity index (χ1) is 8.27. The van der Waals surface area contributed by atoms with Gasteiger partial charge in [0, 0.05) is 12.2 Å². The first kappa shape index (κ1) is 11.3. The van der Waals surface area contributed by atoms with Gasteiger partial charge in [-0.25, -0.2) is 4.98 Å². The molecule has 90 valence electrons. The summed E-state index contributed by atoms with van der Waals surface area (Å²) < 4.78 is 0. The number of carbonyl (C=O) groups is 1. The van der Waals surface area contributed by atoms with E-state index in [1.165, 1.54) is 11.9 Å². The van der Waals surface area contributed by atoms with Gasteiger partial charge < -0.3 is 5.32 Å². The van der Waals surface area contributed by atoms with Gasteiger partial charge >= 0.3 is 0 Å². The standard InChI is InChI=1S/C10H14N6O/c1-7-8(5-13-15-7)3-2-4-11-10(17)9-12-6-14-16-9/h5-6H,2-4H2,1H3,(H,11,17)(H,13,15)(H,12,14,16). The van der Waals surface area contributed by atoms with E-state index in [-0.39, 0.29) is 11.7 Å². The number of aromatic amines is 2. The number of amides is 1. The highest BCUT2D eigenvalue weighted by atomic mass is 16.2. The van der Waals surface area contributed by atoms with Crippen LogP contribution in [0.25, 0.3) is 0 Å². The summed E-state index contributed by atoms with van der Waals surface area (Å²) in [6.45, 7) is 2.58. The molecule has 0 aromatic carbocycles. The molecule has 0 unspecified atom stereocenters. The van der Waals surface area contributed by atoms with Crippen LogP contribution in [0.2, 0.25) is 0 Å². The summed E-state index contributed by atoms with van der Waals surface area (Å²) in [6, 6.07) is 0. The molecule has 2 aromatic rings. The van der Waals surface area contributed by atoms with Crippen molar-refractivity contribution >= 4 is 5.91 Å². The molecule has 7 heteroatoms. The molecule has 3 N–H and O–H groups in total. The van der Waals surface area contributed by atoms with Crippen LogP contribution in [0.5, 0.6) is 0 Å². The van der Waals surface area contributed by atoms with Crippen LogP contribution in [0.1, 0.15) is 28.3 Å². The van der Waals surface area contributed by atoms with Crippen LogP contribution < -0.4 is 5.32 Å². The largest absolute Gasteiger partial charge is 0.349 e. The predicted molar refractivity (Wildman–Crippen MR) is 60.4 cm³/mol. The van der Waals surface area contributed by atoms with Crippen molar-refractivity contribution in [3.8, 4) is 0 Å². The highest BCUT2D eigenvalue weighted by molar-refractivity contribution is 5.90. The Morgan fingerprint density at radius 2 is 2.29 bits per heavy atom. The molecule has 0 saturated carbocycles. The van der Waals surface area contributed by atoms with Crippen molar-refractivity contribution in [1.82, 2.24) is 30.7 Å². The van der Waals surface area contributed by atoms with Gasteiger partial charge in [0.1, 0.15) is 6.33 Å². The van der Waals surface area contributed by atoms with Gasteiger partial charge in [0.05, 0.1) is 6.20 Å². The summed E-state index contributed by atoms with van der Waals surface area (Å²) in [5.41, 5.74) is 2.26. The van der Waals surface area contributed by atoms with Gasteiger partial charge in [-0.05, 0) is 25.3 Å². The average Bonchev–Trinajstić information content (AvgIpc) is 2.96. The van der Waals surface area contributed by atoms with Crippen molar-refractivity contribution in [1.29, 1.82) is 0 Å². The van der Waals surface area contributed by atoms with Crippen LogP contribution in [0, 0.1) is 6.92 Å². The fourth-order valence-corrected chi connectivity index (χ4v) is 1.51. The molecule has 1 amide bonds. The third-order valence-electron chi connectivity index (χ3n) is 2.47. The molecule has 0 fully saturated rings. The SMILES string of the molecule is Cc1[nH]ncc1CCCNC(=O)c1ncn[nH]1. The number of carbonyl (C=O) groups excluding carboxylic acids is 1. The summed E-state index contributed by atoms with van der Waals surface area (Å²) in [4.78, 5) is 15.2. The minimum atomic E-state index is -0.230. The molecule has 7 nitrogen and oxygen atoms in total. The summed E-state index contributed by atoms with van der Waals surface area (Å²) in [5, 5.41) is 15.7. The fourth-order valence-electron chi connectivity index (χ4n) is 1.51. The van der Waals surface area contributed by atoms with Crippen molar-refractivity contribution in [2.24, 2.45) is 0 Å². The minimum Gasteiger partial charge on any atom is -0.349 e. The molecular weight excluding hydrogens is 220 g/mol. The molecule has 0 radical (unpaired) electrons. The first-order valence-corrected chi connectivity index (χ1v) is 5.40. The Balaban J connectivity index is 1.70. The van der Waals surface area contributed by atoms with Crippen molar-refractivity contribution in [3.63, 3.8) is 0 Å². The molecule has 0 bridgehead atoms. The third kappa shape index (κ3) is 2.90. The summed E-state index contributed by atoms with van der Waals surface area (Å²) in [6.07, 6.45) is 4.87. The van der Waals surface area contributed by atoms with E-state index in [2.05, 4.69) is 30.7 Å². The molecule has 0 aliphatic rings. The van der Waals surface area contributed by atoms with Crippen LogP contribution >= 0.6 is 0 Å². The Kier molecular flexibility index (Phi) is 3.49. The van der Waals surface area contributed by atoms with E-state index in [1.54, 1.807) is 0 Å². The highest BCUT2D eigenvalue weighted by Gasteiger charge is 2.07. The molecule has 0 aliphatic carbocycles. The Labute approximate surface area is 98.0 Å². The van der Waals surface area contributed by atoms with Gasteiger partial charge in [-0.1, -0.05) is 0 Å². The molecule has 2 aromatic heterocycles. The van der Waals surface area contributed by atoms with Gasteiger partial charge in [-0.3, -0.25) is 15.0 Å². The van der Waals surface area contributed by atoms with Gasteiger partial charge in [0.15, 0.2) is 0 Å². The number of rotatable bonds is 5. The zero-order valence-corrected chi connectivity index (χ0v) is 9.53. The van der Waals surface area contributed by atoms with Gasteiger partial charge in [-0.2, -0.15) is 10.2 Å². The van der Waals surface area contributed by atoms with Crippen LogP contribution in [0.4, 0.5) is 0 Å². The molecular formula is C10H14N6O. The molecule has 0 aliphatic heterocycles. The molecule has 0 atom stereocenters. The van der Waals surface area contributed by atoms with Crippen molar-refractivity contribution in [2.45, 2.75) is 19.8 Å². The second kappa shape index (κ2) is 5.24. The normalized spacial score (nSPS) is 10.4. The summed E-state index contributed by atoms with van der Waals surface area (Å²) in [7, 11) is 0. The lowest BCUT2D eigenvalue weighted by molar-refractivity contribution is 0.0943. The minimum absolute atomic E-state index is 0.230. The van der Waals surface area contributed by atoms with Crippen LogP contribution in [0.15, 0.2) is 12.5 Å². The molecule has 0 saturated heterocycles. The van der Waals surface area contributed by atoms with E-state index in [1.807, 2.05) is 13.1 Å². The maximum atomic E-state index is 11.5. The second-order valence-corrected chi connectivity index (χ2v) is 3.71. The summed E-state index contributed by atoms with van der Waals surface area (Å²) in [5.74, 6) is 0.0101. The number of H-pyrrole nitrogens is 2. The Morgan fingerprint density at radius 3 is 2.94 bits per heavy atom. The Morgan fingerprint density at radius 1 is 1.41 bits per heavy atom. The van der Waals surface area contributed by atoms with E-state index < -0.39 is 0 Å². The van der Waals surface area contributed by atoms with Crippen LogP contribution in [0.3, 0.4) is 0 Å². The van der Waals surface area contributed by atoms with Crippen LogP contribution in [-0.4, -0.2) is 37.8 Å². The molecule has 2 heterocycles. The number of hydrogen-bond donors (Lipinski definition) is 3. The number of aromatic nitrogens is 5. The molecule has 17 heavy (non-hydrogen) atoms. The lowest BCUT2D eigenvalue weighted by Crippen LogP contribution is -2.25. The highest BCUT2D eigenvalue weighted by Crippen LogP contribution is 2.04. The van der Waals surface area contributed by atoms with E-state index in [9.17, 15) is 4.79 Å². The van der Waals surface area contributed by atoms with E-state index in [0.29, 0.717) is 6.54 Å². The van der Waals surface area contributed by atoms with Crippen molar-refractivity contribution in [3.05, 3.63) is 29.6 Å². The van der Waals surface area contributed by atoms with Crippen LogP contribution in [-0.2, 0) is 6.42 Å². The monoisotopic (exact) mass is 234 g/mol. The lowest BCUT2D eigenvalue weighted by atomic mass is 10.1. The number of nitrogens with one attached hydrogen (secondary N) is 3. The topological polar surface area (TPSA) is 99.3 Å². The smallest absolute Gasteiger partial charge is 0.288 e. The maximum absolute atomic E-state index is 11.5. The first-order valence-electron chi connectivity index (χ1n) is 5.40. The summed E-state index contributed by atoms with van der Waals surface area (Å²) >= 11 is 0. The number of nitrogens with zero attached hydrogens (tertiary/aromatic N) is 3. The Hall–Kier alpha value is -2.18. The second-order valence-electron chi connectivity index (χ2n) is 3.71. The predicted octanol–water partition coefficient (Wildman–Crippen LogP) is 0.199. The quantitative estimate of drug-likeness (QED) is 0.643. The lowest BCUT2D eigenvalue weighted by Gasteiger charge is -2.02. The maximum Gasteiger partial charge on any atom is 0.288 e. The van der Waals surface area contributed by atoms with E-state index in [0.717, 1.165) is 18.5 Å². The third-order valence-corrected chi connectivity index (χ3v) is 2.47. The van der Waals surface area contributed by atoms with E-state index >= 15 is 0 Å². The number of aryl methyl sites for hydroxylation is 2. The van der Waals surface area contributed by atoms with Gasteiger partial charge in [0.25, 0.3) is 5.91 Å². The fraction of sp³-hybridized carbons (Fsp3) is 0.400. The van der Waals surface area contributed by atoms with E-state index in [4.69, 9.17) is 0 Å². The van der Waals surface area contributed by atoms with Gasteiger partial charge in [0.2, 0.25) is 5.82 Å². The van der Waals surface area contributed by atoms with Crippen molar-refractivity contribution < 1.29 is 4.79 Å². The molecule has 0 spiro atoms. The molecule has 2 rings (SSSR count). The number of hydrogen-bond acceptors (Lipinski definition) is 4. The van der Waals surface area contributed by atoms with Crippen molar-refractivity contribution in [2.75, 3.05) is 6.54 Å². The zero-order chi connectivity index (χ0) is 12.1.